The molecule has 1 fully saturated rings. The summed E-state index contributed by atoms with van der Waals surface area (Å²) in [6, 6.07) is 8.18. The fraction of sp³-hybridized carbons (Fsp3) is 0.600. The van der Waals surface area contributed by atoms with Gasteiger partial charge in [-0.3, -0.25) is 0 Å². The number of hydrogen-bond acceptors (Lipinski definition) is 2. The van der Waals surface area contributed by atoms with Crippen molar-refractivity contribution in [1.29, 1.82) is 0 Å². The molecule has 0 aromatic heterocycles. The molecule has 1 aliphatic rings. The Morgan fingerprint density at radius 3 is 2.60 bits per heavy atom. The third kappa shape index (κ3) is 5.13. The van der Waals surface area contributed by atoms with Gasteiger partial charge in [0, 0.05) is 12.6 Å². The van der Waals surface area contributed by atoms with Crippen LogP contribution in [0.5, 0.6) is 0 Å². The fourth-order valence-corrected chi connectivity index (χ4v) is 2.08. The monoisotopic (exact) mass is 287 g/mol. The van der Waals surface area contributed by atoms with E-state index in [1.165, 1.54) is 0 Å². The summed E-state index contributed by atoms with van der Waals surface area (Å²) in [6.45, 7) is 2.22. The number of halogens is 3. The molecule has 112 valence electrons. The van der Waals surface area contributed by atoms with E-state index < -0.39 is 12.6 Å². The molecule has 0 radical (unpaired) electrons. The zero-order valence-corrected chi connectivity index (χ0v) is 11.5. The van der Waals surface area contributed by atoms with Gasteiger partial charge in [0.05, 0.1) is 19.1 Å². The molecule has 1 aliphatic carbocycles. The van der Waals surface area contributed by atoms with Gasteiger partial charge in [0.25, 0.3) is 0 Å². The smallest absolute Gasteiger partial charge is 0.372 e. The highest BCUT2D eigenvalue weighted by Gasteiger charge is 2.28. The van der Waals surface area contributed by atoms with Crippen molar-refractivity contribution < 1.29 is 17.9 Å². The average molecular weight is 287 g/mol. The zero-order chi connectivity index (χ0) is 14.6. The molecule has 20 heavy (non-hydrogen) atoms. The summed E-state index contributed by atoms with van der Waals surface area (Å²) >= 11 is 0. The van der Waals surface area contributed by atoms with Crippen LogP contribution in [0.2, 0.25) is 0 Å². The third-order valence-corrected chi connectivity index (χ3v) is 3.41. The highest BCUT2D eigenvalue weighted by Crippen LogP contribution is 2.26. The number of aryl methyl sites for hydroxylation is 1. The lowest BCUT2D eigenvalue weighted by atomic mass is 10.0. The molecular formula is C15H20F3NO. The average Bonchev–Trinajstić information content (AvgIpc) is 3.17. The lowest BCUT2D eigenvalue weighted by Gasteiger charge is -2.21. The van der Waals surface area contributed by atoms with Crippen molar-refractivity contribution in [2.75, 3.05) is 13.2 Å². The van der Waals surface area contributed by atoms with Crippen LogP contribution in [0.4, 0.5) is 13.2 Å². The first-order valence-electron chi connectivity index (χ1n) is 6.93. The van der Waals surface area contributed by atoms with Crippen molar-refractivity contribution in [3.05, 3.63) is 35.4 Å². The maximum atomic E-state index is 12.2. The van der Waals surface area contributed by atoms with Gasteiger partial charge in [-0.05, 0) is 30.9 Å². The number of nitrogens with one attached hydrogen (secondary N) is 1. The maximum Gasteiger partial charge on any atom is 0.391 e. The molecule has 1 unspecified atom stereocenters. The van der Waals surface area contributed by atoms with Gasteiger partial charge in [-0.1, -0.05) is 24.3 Å². The quantitative estimate of drug-likeness (QED) is 0.824. The summed E-state index contributed by atoms with van der Waals surface area (Å²) in [6.07, 6.45) is -3.11. The topological polar surface area (TPSA) is 21.3 Å². The number of benzene rings is 1. The van der Waals surface area contributed by atoms with E-state index in [9.17, 15) is 13.2 Å². The van der Waals surface area contributed by atoms with Gasteiger partial charge in [-0.25, -0.2) is 0 Å². The standard InChI is InChI=1S/C15H20F3NO/c1-11-4-2-3-5-13(11)14(10-19-12-6-7-12)20-9-8-15(16,17)18/h2-5,12,14,19H,6-10H2,1H3. The van der Waals surface area contributed by atoms with Crippen LogP contribution < -0.4 is 5.32 Å². The van der Waals surface area contributed by atoms with Crippen molar-refractivity contribution in [2.45, 2.75) is 44.5 Å². The second kappa shape index (κ2) is 6.59. The number of ether oxygens (including phenoxy) is 1. The van der Waals surface area contributed by atoms with E-state index in [1.807, 2.05) is 31.2 Å². The van der Waals surface area contributed by atoms with Crippen LogP contribution in [0.1, 0.15) is 36.5 Å². The zero-order valence-electron chi connectivity index (χ0n) is 11.5. The summed E-state index contributed by atoms with van der Waals surface area (Å²) in [7, 11) is 0. The highest BCUT2D eigenvalue weighted by molar-refractivity contribution is 5.28. The summed E-state index contributed by atoms with van der Waals surface area (Å²) in [5.74, 6) is 0. The number of rotatable bonds is 7. The van der Waals surface area contributed by atoms with Gasteiger partial charge in [-0.2, -0.15) is 13.2 Å². The van der Waals surface area contributed by atoms with Crippen LogP contribution >= 0.6 is 0 Å². The second-order valence-electron chi connectivity index (χ2n) is 5.26. The van der Waals surface area contributed by atoms with Crippen molar-refractivity contribution in [2.24, 2.45) is 0 Å². The molecule has 0 aliphatic heterocycles. The van der Waals surface area contributed by atoms with Gasteiger partial charge in [-0.15, -0.1) is 0 Å². The molecule has 0 spiro atoms. The van der Waals surface area contributed by atoms with Gasteiger partial charge in [0.1, 0.15) is 0 Å². The lowest BCUT2D eigenvalue weighted by molar-refractivity contribution is -0.149. The first kappa shape index (κ1) is 15.3. The van der Waals surface area contributed by atoms with Crippen LogP contribution in [0.3, 0.4) is 0 Å². The molecule has 1 N–H and O–H groups in total. The Kier molecular flexibility index (Phi) is 5.05. The Morgan fingerprint density at radius 2 is 2.00 bits per heavy atom. The van der Waals surface area contributed by atoms with Gasteiger partial charge >= 0.3 is 6.18 Å². The van der Waals surface area contributed by atoms with Crippen molar-refractivity contribution in [3.63, 3.8) is 0 Å². The number of alkyl halides is 3. The minimum absolute atomic E-state index is 0.297. The molecule has 5 heteroatoms. The minimum Gasteiger partial charge on any atom is -0.372 e. The molecule has 2 nitrogen and oxygen atoms in total. The van der Waals surface area contributed by atoms with E-state index in [0.717, 1.165) is 24.0 Å². The summed E-state index contributed by atoms with van der Waals surface area (Å²) in [4.78, 5) is 0. The van der Waals surface area contributed by atoms with Crippen LogP contribution in [0.15, 0.2) is 24.3 Å². The molecule has 1 aromatic rings. The molecule has 0 saturated heterocycles. The lowest BCUT2D eigenvalue weighted by Crippen LogP contribution is -2.26. The van der Waals surface area contributed by atoms with Gasteiger partial charge < -0.3 is 10.1 Å². The van der Waals surface area contributed by atoms with Crippen molar-refractivity contribution >= 4 is 0 Å². The molecule has 1 saturated carbocycles. The normalized spacial score (nSPS) is 17.2. The second-order valence-corrected chi connectivity index (χ2v) is 5.26. The Bertz CT molecular complexity index is 429. The van der Waals surface area contributed by atoms with E-state index in [1.54, 1.807) is 0 Å². The first-order chi connectivity index (χ1) is 9.46. The molecule has 0 heterocycles. The van der Waals surface area contributed by atoms with Crippen molar-refractivity contribution in [1.82, 2.24) is 5.32 Å². The molecule has 0 amide bonds. The van der Waals surface area contributed by atoms with E-state index in [2.05, 4.69) is 5.32 Å². The van der Waals surface area contributed by atoms with Crippen LogP contribution in [0, 0.1) is 6.92 Å². The van der Waals surface area contributed by atoms with Gasteiger partial charge in [0.2, 0.25) is 0 Å². The number of hydrogen-bond donors (Lipinski definition) is 1. The summed E-state index contributed by atoms with van der Waals surface area (Å²) in [5, 5.41) is 3.32. The molecule has 0 bridgehead atoms. The van der Waals surface area contributed by atoms with Crippen molar-refractivity contribution in [3.8, 4) is 0 Å². The van der Waals surface area contributed by atoms with Crippen LogP contribution in [-0.2, 0) is 4.74 Å². The Hall–Kier alpha value is -1.07. The summed E-state index contributed by atoms with van der Waals surface area (Å²) in [5.41, 5.74) is 2.00. The van der Waals surface area contributed by atoms with Crippen LogP contribution in [-0.4, -0.2) is 25.4 Å². The minimum atomic E-state index is -4.17. The van der Waals surface area contributed by atoms with Crippen LogP contribution in [0.25, 0.3) is 0 Å². The molecule has 1 aromatic carbocycles. The Labute approximate surface area is 117 Å². The predicted octanol–water partition coefficient (Wildman–Crippen LogP) is 3.76. The molecule has 1 atom stereocenters. The Balaban J connectivity index is 1.94. The predicted molar refractivity (Wildman–Crippen MR) is 71.6 cm³/mol. The fourth-order valence-electron chi connectivity index (χ4n) is 2.08. The third-order valence-electron chi connectivity index (χ3n) is 3.41. The van der Waals surface area contributed by atoms with E-state index in [0.29, 0.717) is 12.6 Å². The van der Waals surface area contributed by atoms with Gasteiger partial charge in [0.15, 0.2) is 0 Å². The first-order valence-corrected chi connectivity index (χ1v) is 6.93. The molecular weight excluding hydrogens is 267 g/mol. The van der Waals surface area contributed by atoms with E-state index in [4.69, 9.17) is 4.74 Å². The maximum absolute atomic E-state index is 12.2. The largest absolute Gasteiger partial charge is 0.391 e. The van der Waals surface area contributed by atoms with E-state index in [-0.39, 0.29) is 12.7 Å². The summed E-state index contributed by atoms with van der Waals surface area (Å²) < 4.78 is 42.1. The SMILES string of the molecule is Cc1ccccc1C(CNC1CC1)OCCC(F)(F)F. The van der Waals surface area contributed by atoms with E-state index >= 15 is 0 Å². The Morgan fingerprint density at radius 1 is 1.30 bits per heavy atom. The molecule has 2 rings (SSSR count). The highest BCUT2D eigenvalue weighted by atomic mass is 19.4.